The first-order valence-electron chi connectivity index (χ1n) is 16.7. The first-order valence-corrected chi connectivity index (χ1v) is 16.7. The fourth-order valence-electron chi connectivity index (χ4n) is 7.41. The van der Waals surface area contributed by atoms with Gasteiger partial charge in [0, 0.05) is 49.7 Å². The van der Waals surface area contributed by atoms with Crippen molar-refractivity contribution in [1.29, 1.82) is 0 Å². The molecule has 2 atom stereocenters. The summed E-state index contributed by atoms with van der Waals surface area (Å²) in [5.41, 5.74) is 8.43. The Bertz CT molecular complexity index is 1750. The molecular formula is C40H49N5O3. The van der Waals surface area contributed by atoms with E-state index in [1.165, 1.54) is 9.80 Å². The second-order valence-electron chi connectivity index (χ2n) is 14.5. The lowest BCUT2D eigenvalue weighted by molar-refractivity contribution is -0.143. The van der Waals surface area contributed by atoms with E-state index >= 15 is 0 Å². The summed E-state index contributed by atoms with van der Waals surface area (Å²) in [6.45, 7) is 8.87. The second kappa shape index (κ2) is 14.3. The Kier molecular flexibility index (Phi) is 10.4. The molecule has 0 aliphatic carbocycles. The van der Waals surface area contributed by atoms with Gasteiger partial charge in [-0.15, -0.1) is 0 Å². The summed E-state index contributed by atoms with van der Waals surface area (Å²) < 4.78 is 0. The standard InChI is InChI=1S/C40H49N5O3/c1-39(2)24-33(25-40(3,4)43-39)42-36(46)35(30-15-8-7-9-16-30)45(6)38(48)34(23-27-19-20-29-14-10-11-17-31(29)21-27)44(5)37(47)32-18-12-13-28(22-32)26-41/h7-22,33-35,43H,23-26,41H2,1-6H3,(H,42,46)/t34-,35?/m1/s1. The maximum atomic E-state index is 14.8. The number of benzene rings is 4. The molecule has 3 amide bonds. The minimum Gasteiger partial charge on any atom is -0.351 e. The van der Waals surface area contributed by atoms with Gasteiger partial charge < -0.3 is 26.2 Å². The van der Waals surface area contributed by atoms with E-state index < -0.39 is 12.1 Å². The molecule has 0 aromatic heterocycles. The van der Waals surface area contributed by atoms with Crippen LogP contribution < -0.4 is 16.4 Å². The van der Waals surface area contributed by atoms with Crippen LogP contribution >= 0.6 is 0 Å². The molecule has 1 heterocycles. The lowest BCUT2D eigenvalue weighted by Crippen LogP contribution is -2.62. The van der Waals surface area contributed by atoms with Gasteiger partial charge in [-0.1, -0.05) is 84.9 Å². The van der Waals surface area contributed by atoms with Gasteiger partial charge in [0.15, 0.2) is 0 Å². The van der Waals surface area contributed by atoms with E-state index in [4.69, 9.17) is 5.73 Å². The molecule has 48 heavy (non-hydrogen) atoms. The van der Waals surface area contributed by atoms with Gasteiger partial charge in [0.05, 0.1) is 0 Å². The monoisotopic (exact) mass is 647 g/mol. The zero-order valence-corrected chi connectivity index (χ0v) is 29.0. The average Bonchev–Trinajstić information content (AvgIpc) is 3.05. The van der Waals surface area contributed by atoms with Gasteiger partial charge in [-0.05, 0) is 80.1 Å². The van der Waals surface area contributed by atoms with Crippen molar-refractivity contribution in [3.05, 3.63) is 119 Å². The fraction of sp³-hybridized carbons (Fsp3) is 0.375. The number of nitrogens with zero attached hydrogens (tertiary/aromatic N) is 2. The Balaban J connectivity index is 1.49. The van der Waals surface area contributed by atoms with Crippen LogP contribution in [0, 0.1) is 0 Å². The van der Waals surface area contributed by atoms with Crippen molar-refractivity contribution >= 4 is 28.5 Å². The van der Waals surface area contributed by atoms with Crippen LogP contribution in [-0.4, -0.2) is 64.8 Å². The van der Waals surface area contributed by atoms with Crippen LogP contribution in [0.5, 0.6) is 0 Å². The predicted molar refractivity (Wildman–Crippen MR) is 192 cm³/mol. The molecule has 8 heteroatoms. The highest BCUT2D eigenvalue weighted by Crippen LogP contribution is 2.30. The number of hydrogen-bond acceptors (Lipinski definition) is 5. The smallest absolute Gasteiger partial charge is 0.254 e. The number of carbonyl (C=O) groups is 3. The van der Waals surface area contributed by atoms with Crippen LogP contribution in [0.1, 0.15) is 73.6 Å². The van der Waals surface area contributed by atoms with Crippen molar-refractivity contribution < 1.29 is 14.4 Å². The van der Waals surface area contributed by atoms with Gasteiger partial charge >= 0.3 is 0 Å². The van der Waals surface area contributed by atoms with Crippen LogP contribution in [0.3, 0.4) is 0 Å². The Morgan fingerprint density at radius 2 is 1.44 bits per heavy atom. The third-order valence-corrected chi connectivity index (χ3v) is 9.36. The van der Waals surface area contributed by atoms with Crippen molar-refractivity contribution in [3.63, 3.8) is 0 Å². The molecule has 0 bridgehead atoms. The minimum atomic E-state index is -0.900. The van der Waals surface area contributed by atoms with Crippen LogP contribution in [-0.2, 0) is 22.6 Å². The Morgan fingerprint density at radius 1 is 0.792 bits per heavy atom. The number of carbonyl (C=O) groups excluding carboxylic acids is 3. The maximum Gasteiger partial charge on any atom is 0.254 e. The summed E-state index contributed by atoms with van der Waals surface area (Å²) in [6.07, 6.45) is 1.78. The summed E-state index contributed by atoms with van der Waals surface area (Å²) >= 11 is 0. The number of likely N-dealkylation sites (N-methyl/N-ethyl adjacent to an activating group) is 2. The van der Waals surface area contributed by atoms with Crippen molar-refractivity contribution in [3.8, 4) is 0 Å². The van der Waals surface area contributed by atoms with Crippen LogP contribution in [0.15, 0.2) is 97.1 Å². The first-order chi connectivity index (χ1) is 22.8. The van der Waals surface area contributed by atoms with Gasteiger partial charge in [0.1, 0.15) is 12.1 Å². The van der Waals surface area contributed by atoms with E-state index in [2.05, 4.69) is 44.4 Å². The van der Waals surface area contributed by atoms with Gasteiger partial charge in [-0.25, -0.2) is 0 Å². The largest absolute Gasteiger partial charge is 0.351 e. The molecule has 5 rings (SSSR count). The molecule has 1 unspecified atom stereocenters. The highest BCUT2D eigenvalue weighted by molar-refractivity contribution is 5.98. The summed E-state index contributed by atoms with van der Waals surface area (Å²) in [5, 5.41) is 9.11. The number of rotatable bonds is 10. The second-order valence-corrected chi connectivity index (χ2v) is 14.5. The highest BCUT2D eigenvalue weighted by atomic mass is 16.2. The van der Waals surface area contributed by atoms with E-state index in [-0.39, 0.29) is 41.3 Å². The van der Waals surface area contributed by atoms with Crippen LogP contribution in [0.25, 0.3) is 10.8 Å². The number of fused-ring (bicyclic) bond motifs is 1. The third-order valence-electron chi connectivity index (χ3n) is 9.36. The quantitative estimate of drug-likeness (QED) is 0.208. The van der Waals surface area contributed by atoms with E-state index in [0.717, 1.165) is 34.7 Å². The molecular weight excluding hydrogens is 598 g/mol. The average molecular weight is 648 g/mol. The van der Waals surface area contributed by atoms with Crippen LogP contribution in [0.2, 0.25) is 0 Å². The third kappa shape index (κ3) is 8.12. The zero-order valence-electron chi connectivity index (χ0n) is 29.0. The Hall–Kier alpha value is -4.53. The fourth-order valence-corrected chi connectivity index (χ4v) is 7.41. The van der Waals surface area contributed by atoms with Gasteiger partial charge in [0.2, 0.25) is 11.8 Å². The lowest BCUT2D eigenvalue weighted by Gasteiger charge is -2.47. The normalized spacial score (nSPS) is 16.9. The van der Waals surface area contributed by atoms with Gasteiger partial charge in [-0.2, -0.15) is 0 Å². The molecule has 4 N–H and O–H groups in total. The van der Waals surface area contributed by atoms with E-state index in [0.29, 0.717) is 17.7 Å². The molecule has 0 spiro atoms. The first kappa shape index (κ1) is 34.8. The van der Waals surface area contributed by atoms with E-state index in [1.54, 1.807) is 32.3 Å². The predicted octanol–water partition coefficient (Wildman–Crippen LogP) is 5.61. The van der Waals surface area contributed by atoms with Crippen molar-refractivity contribution in [2.24, 2.45) is 5.73 Å². The number of amides is 3. The summed E-state index contributed by atoms with van der Waals surface area (Å²) in [5.74, 6) is -0.869. The molecule has 1 aliphatic rings. The molecule has 1 fully saturated rings. The van der Waals surface area contributed by atoms with Crippen LogP contribution in [0.4, 0.5) is 0 Å². The number of nitrogens with one attached hydrogen (secondary N) is 2. The van der Waals surface area contributed by atoms with Crippen molar-refractivity contribution in [2.45, 2.75) is 82.7 Å². The molecule has 0 saturated carbocycles. The molecule has 0 radical (unpaired) electrons. The van der Waals surface area contributed by atoms with E-state index in [9.17, 15) is 14.4 Å². The van der Waals surface area contributed by atoms with Gasteiger partial charge in [0.25, 0.3) is 5.91 Å². The maximum absolute atomic E-state index is 14.8. The zero-order chi connectivity index (χ0) is 34.6. The molecule has 1 aliphatic heterocycles. The topological polar surface area (TPSA) is 108 Å². The summed E-state index contributed by atoms with van der Waals surface area (Å²) in [6, 6.07) is 28.8. The van der Waals surface area contributed by atoms with Crippen molar-refractivity contribution in [2.75, 3.05) is 14.1 Å². The lowest BCUT2D eigenvalue weighted by atomic mass is 9.79. The number of hydrogen-bond donors (Lipinski definition) is 3. The molecule has 252 valence electrons. The minimum absolute atomic E-state index is 0.0778. The Labute approximate surface area is 284 Å². The molecule has 4 aromatic carbocycles. The van der Waals surface area contributed by atoms with Gasteiger partial charge in [-0.3, -0.25) is 14.4 Å². The molecule has 4 aromatic rings. The van der Waals surface area contributed by atoms with E-state index in [1.807, 2.05) is 72.8 Å². The highest BCUT2D eigenvalue weighted by Gasteiger charge is 2.41. The molecule has 8 nitrogen and oxygen atoms in total. The number of nitrogens with two attached hydrogens (primary N) is 1. The Morgan fingerprint density at radius 3 is 2.10 bits per heavy atom. The summed E-state index contributed by atoms with van der Waals surface area (Å²) in [4.78, 5) is 46.0. The summed E-state index contributed by atoms with van der Waals surface area (Å²) in [7, 11) is 3.32. The molecule has 1 saturated heterocycles. The number of piperidine rings is 1. The SMILES string of the molecule is CN(C(=O)[C@@H](Cc1ccc2ccccc2c1)N(C)C(=O)c1cccc(CN)c1)C(C(=O)NC1CC(C)(C)NC(C)(C)C1)c1ccccc1. The van der Waals surface area contributed by atoms with Crippen molar-refractivity contribution in [1.82, 2.24) is 20.4 Å².